The molecule has 5 heteroatoms. The molecule has 0 aliphatic carbocycles. The summed E-state index contributed by atoms with van der Waals surface area (Å²) in [5, 5.41) is 0.350. The highest BCUT2D eigenvalue weighted by Crippen LogP contribution is 2.28. The number of hydrogen-bond donors (Lipinski definition) is 0. The van der Waals surface area contributed by atoms with Gasteiger partial charge in [-0.25, -0.2) is 4.98 Å². The number of hydrogen-bond acceptors (Lipinski definition) is 4. The van der Waals surface area contributed by atoms with Gasteiger partial charge in [0.15, 0.2) is 22.4 Å². The van der Waals surface area contributed by atoms with E-state index in [0.29, 0.717) is 29.0 Å². The van der Waals surface area contributed by atoms with Gasteiger partial charge in [0.05, 0.1) is 14.2 Å². The van der Waals surface area contributed by atoms with E-state index < -0.39 is 0 Å². The smallest absolute Gasteiger partial charge is 0.171 e. The van der Waals surface area contributed by atoms with Gasteiger partial charge in [0.2, 0.25) is 0 Å². The van der Waals surface area contributed by atoms with Gasteiger partial charge >= 0.3 is 0 Å². The third-order valence-corrected chi connectivity index (χ3v) is 2.85. The summed E-state index contributed by atoms with van der Waals surface area (Å²) >= 11 is 5.92. The highest BCUT2D eigenvalue weighted by atomic mass is 35.5. The molecule has 4 nitrogen and oxygen atoms in total. The number of halogens is 1. The number of pyridine rings is 1. The van der Waals surface area contributed by atoms with Crippen molar-refractivity contribution in [3.05, 3.63) is 47.2 Å². The van der Waals surface area contributed by atoms with Gasteiger partial charge < -0.3 is 14.2 Å². The molecule has 0 saturated heterocycles. The molecular weight excluding hydrogens is 266 g/mol. The minimum Gasteiger partial charge on any atom is -0.493 e. The van der Waals surface area contributed by atoms with Crippen LogP contribution in [0.2, 0.25) is 5.15 Å². The van der Waals surface area contributed by atoms with Crippen LogP contribution in [0.1, 0.15) is 5.56 Å². The first kappa shape index (κ1) is 13.5. The monoisotopic (exact) mass is 279 g/mol. The third kappa shape index (κ3) is 3.29. The zero-order valence-corrected chi connectivity index (χ0v) is 11.5. The Balaban J connectivity index is 2.10. The SMILES string of the molecule is COc1ccc(COc2cccnc2Cl)cc1OC. The first-order valence-electron chi connectivity index (χ1n) is 5.69. The van der Waals surface area contributed by atoms with E-state index in [1.54, 1.807) is 32.5 Å². The molecule has 1 aromatic heterocycles. The first-order valence-corrected chi connectivity index (χ1v) is 6.06. The zero-order valence-electron chi connectivity index (χ0n) is 10.7. The fourth-order valence-electron chi connectivity index (χ4n) is 1.61. The Morgan fingerprint density at radius 2 is 1.84 bits per heavy atom. The lowest BCUT2D eigenvalue weighted by molar-refractivity contribution is 0.303. The van der Waals surface area contributed by atoms with E-state index in [9.17, 15) is 0 Å². The molecule has 2 aromatic rings. The van der Waals surface area contributed by atoms with Crippen LogP contribution in [0.25, 0.3) is 0 Å². The maximum atomic E-state index is 5.92. The summed E-state index contributed by atoms with van der Waals surface area (Å²) in [7, 11) is 3.20. The number of ether oxygens (including phenoxy) is 3. The van der Waals surface area contributed by atoms with Crippen molar-refractivity contribution >= 4 is 11.6 Å². The van der Waals surface area contributed by atoms with Crippen molar-refractivity contribution in [2.75, 3.05) is 14.2 Å². The summed E-state index contributed by atoms with van der Waals surface area (Å²) in [6.45, 7) is 0.381. The topological polar surface area (TPSA) is 40.6 Å². The van der Waals surface area contributed by atoms with E-state index >= 15 is 0 Å². The van der Waals surface area contributed by atoms with Crippen LogP contribution in [0.15, 0.2) is 36.5 Å². The van der Waals surface area contributed by atoms with Crippen molar-refractivity contribution in [1.29, 1.82) is 0 Å². The maximum absolute atomic E-state index is 5.92. The Morgan fingerprint density at radius 1 is 1.05 bits per heavy atom. The van der Waals surface area contributed by atoms with Crippen molar-refractivity contribution in [2.45, 2.75) is 6.61 Å². The minimum atomic E-state index is 0.350. The fraction of sp³-hybridized carbons (Fsp3) is 0.214. The number of aromatic nitrogens is 1. The van der Waals surface area contributed by atoms with E-state index in [4.69, 9.17) is 25.8 Å². The van der Waals surface area contributed by atoms with Crippen molar-refractivity contribution < 1.29 is 14.2 Å². The molecule has 0 aliphatic rings. The predicted octanol–water partition coefficient (Wildman–Crippen LogP) is 3.33. The summed E-state index contributed by atoms with van der Waals surface area (Å²) in [6, 6.07) is 9.16. The standard InChI is InChI=1S/C14H14ClNO3/c1-17-11-6-5-10(8-13(11)18-2)9-19-12-4-3-7-16-14(12)15/h3-8H,9H2,1-2H3. The van der Waals surface area contributed by atoms with Crippen LogP contribution in [-0.2, 0) is 6.61 Å². The minimum absolute atomic E-state index is 0.350. The molecule has 0 spiro atoms. The Kier molecular flexibility index (Phi) is 4.47. The van der Waals surface area contributed by atoms with E-state index in [0.717, 1.165) is 5.56 Å². The van der Waals surface area contributed by atoms with Gasteiger partial charge in [0.1, 0.15) is 6.61 Å². The number of methoxy groups -OCH3 is 2. The molecule has 0 saturated carbocycles. The Morgan fingerprint density at radius 3 is 2.53 bits per heavy atom. The molecule has 1 aromatic carbocycles. The summed E-state index contributed by atoms with van der Waals surface area (Å²) in [5.41, 5.74) is 0.956. The maximum Gasteiger partial charge on any atom is 0.171 e. The van der Waals surface area contributed by atoms with Crippen LogP contribution in [0.4, 0.5) is 0 Å². The summed E-state index contributed by atoms with van der Waals surface area (Å²) < 4.78 is 16.0. The van der Waals surface area contributed by atoms with E-state index in [2.05, 4.69) is 4.98 Å². The predicted molar refractivity (Wildman–Crippen MR) is 73.1 cm³/mol. The Bertz CT molecular complexity index is 560. The lowest BCUT2D eigenvalue weighted by Crippen LogP contribution is -1.98. The molecule has 2 rings (SSSR count). The van der Waals surface area contributed by atoms with Gasteiger partial charge in [-0.3, -0.25) is 0 Å². The Hall–Kier alpha value is -1.94. The molecule has 100 valence electrons. The molecule has 0 amide bonds. The fourth-order valence-corrected chi connectivity index (χ4v) is 1.78. The molecule has 19 heavy (non-hydrogen) atoms. The summed E-state index contributed by atoms with van der Waals surface area (Å²) in [6.07, 6.45) is 1.62. The van der Waals surface area contributed by atoms with Crippen LogP contribution >= 0.6 is 11.6 Å². The molecule has 0 fully saturated rings. The van der Waals surface area contributed by atoms with Gasteiger partial charge in [0.25, 0.3) is 0 Å². The Labute approximate surface area is 116 Å². The molecule has 0 unspecified atom stereocenters. The lowest BCUT2D eigenvalue weighted by Gasteiger charge is -2.11. The number of benzene rings is 1. The molecule has 0 bridgehead atoms. The van der Waals surface area contributed by atoms with Crippen molar-refractivity contribution in [3.8, 4) is 17.2 Å². The number of nitrogens with zero attached hydrogens (tertiary/aromatic N) is 1. The van der Waals surface area contributed by atoms with Crippen LogP contribution in [0.3, 0.4) is 0 Å². The molecule has 0 radical (unpaired) electrons. The van der Waals surface area contributed by atoms with Gasteiger partial charge in [-0.2, -0.15) is 0 Å². The van der Waals surface area contributed by atoms with Crippen molar-refractivity contribution in [1.82, 2.24) is 4.98 Å². The normalized spacial score (nSPS) is 10.1. The van der Waals surface area contributed by atoms with Crippen LogP contribution in [0.5, 0.6) is 17.2 Å². The van der Waals surface area contributed by atoms with Crippen LogP contribution < -0.4 is 14.2 Å². The van der Waals surface area contributed by atoms with E-state index in [-0.39, 0.29) is 0 Å². The summed E-state index contributed by atoms with van der Waals surface area (Å²) in [4.78, 5) is 3.95. The second kappa shape index (κ2) is 6.29. The second-order valence-electron chi connectivity index (χ2n) is 3.77. The van der Waals surface area contributed by atoms with Crippen LogP contribution in [-0.4, -0.2) is 19.2 Å². The molecule has 0 N–H and O–H groups in total. The van der Waals surface area contributed by atoms with Crippen LogP contribution in [0, 0.1) is 0 Å². The molecule has 0 aliphatic heterocycles. The molecular formula is C14H14ClNO3. The first-order chi connectivity index (χ1) is 9.24. The highest BCUT2D eigenvalue weighted by Gasteiger charge is 2.06. The highest BCUT2D eigenvalue weighted by molar-refractivity contribution is 6.30. The van der Waals surface area contributed by atoms with Crippen molar-refractivity contribution in [3.63, 3.8) is 0 Å². The average Bonchev–Trinajstić information content (AvgIpc) is 2.46. The van der Waals surface area contributed by atoms with E-state index in [1.807, 2.05) is 18.2 Å². The molecule has 1 heterocycles. The second-order valence-corrected chi connectivity index (χ2v) is 4.13. The number of rotatable bonds is 5. The largest absolute Gasteiger partial charge is 0.493 e. The zero-order chi connectivity index (χ0) is 13.7. The summed E-state index contributed by atoms with van der Waals surface area (Å²) in [5.74, 6) is 1.91. The van der Waals surface area contributed by atoms with Gasteiger partial charge in [0, 0.05) is 6.20 Å². The van der Waals surface area contributed by atoms with Gasteiger partial charge in [-0.15, -0.1) is 0 Å². The van der Waals surface area contributed by atoms with Gasteiger partial charge in [-0.1, -0.05) is 17.7 Å². The third-order valence-electron chi connectivity index (χ3n) is 2.57. The van der Waals surface area contributed by atoms with Gasteiger partial charge in [-0.05, 0) is 29.8 Å². The quantitative estimate of drug-likeness (QED) is 0.787. The van der Waals surface area contributed by atoms with E-state index in [1.165, 1.54) is 0 Å². The molecule has 0 atom stereocenters. The average molecular weight is 280 g/mol. The van der Waals surface area contributed by atoms with Crippen molar-refractivity contribution in [2.24, 2.45) is 0 Å². The lowest BCUT2D eigenvalue weighted by atomic mass is 10.2.